The molecule has 0 bridgehead atoms. The average Bonchev–Trinajstić information content (AvgIpc) is 2.76. The van der Waals surface area contributed by atoms with E-state index in [1.54, 1.807) is 0 Å². The maximum absolute atomic E-state index is 11.8. The molecule has 1 aromatic carbocycles. The van der Waals surface area contributed by atoms with Crippen LogP contribution in [-0.4, -0.2) is 16.1 Å². The summed E-state index contributed by atoms with van der Waals surface area (Å²) >= 11 is 6.10. The van der Waals surface area contributed by atoms with Crippen LogP contribution in [0.15, 0.2) is 24.5 Å². The van der Waals surface area contributed by atoms with Crippen molar-refractivity contribution in [3.8, 4) is 0 Å². The number of aromatic nitrogens is 2. The third-order valence-electron chi connectivity index (χ3n) is 2.43. The van der Waals surface area contributed by atoms with Crippen LogP contribution in [0.3, 0.4) is 0 Å². The SMILES string of the molecule is Cc1cc(C)c(NC(=O)c2cn[nH]c2)c(Cl)c1. The third-order valence-corrected chi connectivity index (χ3v) is 2.73. The Labute approximate surface area is 104 Å². The van der Waals surface area contributed by atoms with Gasteiger partial charge in [0.2, 0.25) is 0 Å². The zero-order chi connectivity index (χ0) is 12.4. The topological polar surface area (TPSA) is 57.8 Å². The van der Waals surface area contributed by atoms with E-state index >= 15 is 0 Å². The van der Waals surface area contributed by atoms with Crippen molar-refractivity contribution < 1.29 is 4.79 Å². The Balaban J connectivity index is 2.28. The Bertz CT molecular complexity index is 526. The van der Waals surface area contributed by atoms with Gasteiger partial charge in [0.15, 0.2) is 0 Å². The Morgan fingerprint density at radius 1 is 1.41 bits per heavy atom. The van der Waals surface area contributed by atoms with Crippen LogP contribution in [0.5, 0.6) is 0 Å². The molecule has 0 saturated heterocycles. The van der Waals surface area contributed by atoms with Crippen LogP contribution in [0.25, 0.3) is 0 Å². The molecule has 0 radical (unpaired) electrons. The highest BCUT2D eigenvalue weighted by Gasteiger charge is 2.11. The first-order valence-corrected chi connectivity index (χ1v) is 5.52. The van der Waals surface area contributed by atoms with Crippen molar-refractivity contribution in [3.05, 3.63) is 46.2 Å². The monoisotopic (exact) mass is 249 g/mol. The molecule has 1 amide bonds. The minimum absolute atomic E-state index is 0.229. The predicted octanol–water partition coefficient (Wildman–Crippen LogP) is 2.93. The first kappa shape index (κ1) is 11.7. The maximum Gasteiger partial charge on any atom is 0.258 e. The van der Waals surface area contributed by atoms with E-state index in [4.69, 9.17) is 11.6 Å². The van der Waals surface area contributed by atoms with Gasteiger partial charge >= 0.3 is 0 Å². The van der Waals surface area contributed by atoms with Gasteiger partial charge in [-0.1, -0.05) is 17.7 Å². The molecule has 4 nitrogen and oxygen atoms in total. The van der Waals surface area contributed by atoms with Crippen LogP contribution in [0.4, 0.5) is 5.69 Å². The molecule has 17 heavy (non-hydrogen) atoms. The smallest absolute Gasteiger partial charge is 0.258 e. The molecule has 0 saturated carbocycles. The summed E-state index contributed by atoms with van der Waals surface area (Å²) < 4.78 is 0. The fourth-order valence-corrected chi connectivity index (χ4v) is 2.00. The van der Waals surface area contributed by atoms with Crippen LogP contribution < -0.4 is 5.32 Å². The minimum atomic E-state index is -0.229. The number of aryl methyl sites for hydroxylation is 2. The second kappa shape index (κ2) is 4.59. The van der Waals surface area contributed by atoms with E-state index < -0.39 is 0 Å². The second-order valence-corrected chi connectivity index (χ2v) is 4.29. The number of nitrogens with zero attached hydrogens (tertiary/aromatic N) is 1. The molecular formula is C12H12ClN3O. The zero-order valence-electron chi connectivity index (χ0n) is 9.54. The van der Waals surface area contributed by atoms with E-state index in [0.29, 0.717) is 16.3 Å². The normalized spacial score (nSPS) is 10.3. The fourth-order valence-electron chi connectivity index (χ4n) is 1.63. The van der Waals surface area contributed by atoms with Crippen molar-refractivity contribution in [2.24, 2.45) is 0 Å². The summed E-state index contributed by atoms with van der Waals surface area (Å²) in [6.07, 6.45) is 3.00. The number of carbonyl (C=O) groups excluding carboxylic acids is 1. The van der Waals surface area contributed by atoms with Crippen molar-refractivity contribution in [3.63, 3.8) is 0 Å². The van der Waals surface area contributed by atoms with Gasteiger partial charge in [-0.05, 0) is 31.0 Å². The third kappa shape index (κ3) is 2.47. The molecular weight excluding hydrogens is 238 g/mol. The maximum atomic E-state index is 11.8. The first-order chi connectivity index (χ1) is 8.08. The van der Waals surface area contributed by atoms with Crippen LogP contribution in [0.1, 0.15) is 21.5 Å². The van der Waals surface area contributed by atoms with Crippen LogP contribution in [-0.2, 0) is 0 Å². The Morgan fingerprint density at radius 2 is 2.18 bits per heavy atom. The molecule has 2 rings (SSSR count). The molecule has 2 aromatic rings. The summed E-state index contributed by atoms with van der Waals surface area (Å²) in [6, 6.07) is 3.79. The van der Waals surface area contributed by atoms with E-state index in [0.717, 1.165) is 11.1 Å². The number of aromatic amines is 1. The molecule has 1 aromatic heterocycles. The van der Waals surface area contributed by atoms with Crippen molar-refractivity contribution >= 4 is 23.2 Å². The molecule has 88 valence electrons. The Kier molecular flexibility index (Phi) is 3.15. The lowest BCUT2D eigenvalue weighted by Crippen LogP contribution is -2.12. The van der Waals surface area contributed by atoms with E-state index in [9.17, 15) is 4.79 Å². The number of hydrogen-bond acceptors (Lipinski definition) is 2. The highest BCUT2D eigenvalue weighted by Crippen LogP contribution is 2.27. The first-order valence-electron chi connectivity index (χ1n) is 5.15. The van der Waals surface area contributed by atoms with Crippen LogP contribution >= 0.6 is 11.6 Å². The average molecular weight is 250 g/mol. The summed E-state index contributed by atoms with van der Waals surface area (Å²) in [4.78, 5) is 11.8. The summed E-state index contributed by atoms with van der Waals surface area (Å²) in [6.45, 7) is 3.87. The number of amides is 1. The lowest BCUT2D eigenvalue weighted by molar-refractivity contribution is 0.102. The molecule has 0 fully saturated rings. The summed E-state index contributed by atoms with van der Waals surface area (Å²) in [7, 11) is 0. The highest BCUT2D eigenvalue weighted by atomic mass is 35.5. The molecule has 0 aliphatic carbocycles. The summed E-state index contributed by atoms with van der Waals surface area (Å²) in [5, 5.41) is 9.63. The molecule has 1 heterocycles. The molecule has 0 unspecified atom stereocenters. The van der Waals surface area contributed by atoms with Crippen molar-refractivity contribution in [2.45, 2.75) is 13.8 Å². The number of nitrogens with one attached hydrogen (secondary N) is 2. The van der Waals surface area contributed by atoms with Crippen LogP contribution in [0, 0.1) is 13.8 Å². The number of hydrogen-bond donors (Lipinski definition) is 2. The summed E-state index contributed by atoms with van der Waals surface area (Å²) in [5.74, 6) is -0.229. The largest absolute Gasteiger partial charge is 0.320 e. The number of halogens is 1. The Hall–Kier alpha value is -1.81. The van der Waals surface area contributed by atoms with Gasteiger partial charge in [-0.2, -0.15) is 5.10 Å². The lowest BCUT2D eigenvalue weighted by Gasteiger charge is -2.10. The van der Waals surface area contributed by atoms with E-state index in [2.05, 4.69) is 15.5 Å². The number of carbonyl (C=O) groups is 1. The molecule has 0 spiro atoms. The molecule has 0 aliphatic rings. The van der Waals surface area contributed by atoms with E-state index in [-0.39, 0.29) is 5.91 Å². The molecule has 0 atom stereocenters. The van der Waals surface area contributed by atoms with Gasteiger partial charge in [0.05, 0.1) is 22.5 Å². The van der Waals surface area contributed by atoms with Gasteiger partial charge in [-0.25, -0.2) is 0 Å². The van der Waals surface area contributed by atoms with Crippen LogP contribution in [0.2, 0.25) is 5.02 Å². The quantitative estimate of drug-likeness (QED) is 0.860. The standard InChI is InChI=1S/C12H12ClN3O/c1-7-3-8(2)11(10(13)4-7)16-12(17)9-5-14-15-6-9/h3-6H,1-2H3,(H,14,15)(H,16,17). The number of anilines is 1. The van der Waals surface area contributed by atoms with Gasteiger partial charge in [0.1, 0.15) is 0 Å². The van der Waals surface area contributed by atoms with Gasteiger partial charge < -0.3 is 5.32 Å². The molecule has 5 heteroatoms. The second-order valence-electron chi connectivity index (χ2n) is 3.88. The van der Waals surface area contributed by atoms with Gasteiger partial charge in [0.25, 0.3) is 5.91 Å². The van der Waals surface area contributed by atoms with Gasteiger partial charge in [0, 0.05) is 6.20 Å². The van der Waals surface area contributed by atoms with E-state index in [1.807, 2.05) is 26.0 Å². The Morgan fingerprint density at radius 3 is 2.76 bits per heavy atom. The van der Waals surface area contributed by atoms with Gasteiger partial charge in [-0.3, -0.25) is 9.89 Å². The predicted molar refractivity (Wildman–Crippen MR) is 67.5 cm³/mol. The number of H-pyrrole nitrogens is 1. The lowest BCUT2D eigenvalue weighted by atomic mass is 10.1. The molecule has 2 N–H and O–H groups in total. The zero-order valence-corrected chi connectivity index (χ0v) is 10.3. The van der Waals surface area contributed by atoms with Gasteiger partial charge in [-0.15, -0.1) is 0 Å². The highest BCUT2D eigenvalue weighted by molar-refractivity contribution is 6.34. The molecule has 0 aliphatic heterocycles. The summed E-state index contributed by atoms with van der Waals surface area (Å²) in [5.41, 5.74) is 3.12. The fraction of sp³-hybridized carbons (Fsp3) is 0.167. The van der Waals surface area contributed by atoms with Crippen molar-refractivity contribution in [2.75, 3.05) is 5.32 Å². The minimum Gasteiger partial charge on any atom is -0.320 e. The van der Waals surface area contributed by atoms with E-state index in [1.165, 1.54) is 12.4 Å². The van der Waals surface area contributed by atoms with Crippen molar-refractivity contribution in [1.29, 1.82) is 0 Å². The number of benzene rings is 1. The number of rotatable bonds is 2. The van der Waals surface area contributed by atoms with Crippen molar-refractivity contribution in [1.82, 2.24) is 10.2 Å².